The van der Waals surface area contributed by atoms with E-state index >= 15 is 0 Å². The lowest BCUT2D eigenvalue weighted by Crippen LogP contribution is -2.11. The molecule has 0 aromatic carbocycles. The van der Waals surface area contributed by atoms with Gasteiger partial charge in [-0.2, -0.15) is 0 Å². The fraction of sp³-hybridized carbons (Fsp3) is 0.333. The lowest BCUT2D eigenvalue weighted by Gasteiger charge is -2.02. The summed E-state index contributed by atoms with van der Waals surface area (Å²) in [4.78, 5) is 15.1. The summed E-state index contributed by atoms with van der Waals surface area (Å²) in [5.74, 6) is 0.0993. The number of nitrogen functional groups attached to an aromatic ring is 1. The first-order valence-electron chi connectivity index (χ1n) is 4.14. The zero-order chi connectivity index (χ0) is 9.68. The van der Waals surface area contributed by atoms with E-state index in [4.69, 9.17) is 11.5 Å². The maximum Gasteiger partial charge on any atom is 0.138 e. The summed E-state index contributed by atoms with van der Waals surface area (Å²) in [7, 11) is 0. The van der Waals surface area contributed by atoms with E-state index in [2.05, 4.69) is 4.98 Å². The lowest BCUT2D eigenvalue weighted by atomic mass is 10.1. The molecule has 1 heterocycles. The summed E-state index contributed by atoms with van der Waals surface area (Å²) in [6, 6.07) is 1.69. The molecule has 0 radical (unpaired) electrons. The fourth-order valence-corrected chi connectivity index (χ4v) is 1.05. The number of pyridine rings is 1. The Hall–Kier alpha value is -1.42. The molecule has 0 unspecified atom stereocenters. The average Bonchev–Trinajstić information content (AvgIpc) is 2.09. The number of nitrogens with two attached hydrogens (primary N) is 2. The van der Waals surface area contributed by atoms with E-state index < -0.39 is 0 Å². The first-order chi connectivity index (χ1) is 6.24. The summed E-state index contributed by atoms with van der Waals surface area (Å²) < 4.78 is 0. The predicted molar refractivity (Wildman–Crippen MR) is 51.0 cm³/mol. The maximum atomic E-state index is 11.2. The van der Waals surface area contributed by atoms with Crippen molar-refractivity contribution >= 4 is 11.5 Å². The minimum Gasteiger partial charge on any atom is -0.398 e. The maximum absolute atomic E-state index is 11.2. The van der Waals surface area contributed by atoms with E-state index in [-0.39, 0.29) is 5.78 Å². The normalized spacial score (nSPS) is 9.92. The minimum absolute atomic E-state index is 0.0993. The number of carbonyl (C=O) groups excluding carboxylic acids is 1. The van der Waals surface area contributed by atoms with Crippen molar-refractivity contribution in [3.05, 3.63) is 24.0 Å². The number of aromatic nitrogens is 1. The van der Waals surface area contributed by atoms with E-state index in [1.165, 1.54) is 0 Å². The molecule has 0 aliphatic rings. The molecular weight excluding hydrogens is 166 g/mol. The van der Waals surface area contributed by atoms with Crippen LogP contribution in [0.2, 0.25) is 0 Å². The van der Waals surface area contributed by atoms with Crippen LogP contribution in [0.25, 0.3) is 0 Å². The van der Waals surface area contributed by atoms with Gasteiger partial charge in [0, 0.05) is 36.5 Å². The van der Waals surface area contributed by atoms with Gasteiger partial charge in [-0.05, 0) is 12.6 Å². The highest BCUT2D eigenvalue weighted by Crippen LogP contribution is 2.09. The number of ketones is 1. The molecule has 1 aromatic heterocycles. The van der Waals surface area contributed by atoms with Crippen molar-refractivity contribution in [2.24, 2.45) is 5.73 Å². The topological polar surface area (TPSA) is 82.0 Å². The van der Waals surface area contributed by atoms with Gasteiger partial charge in [-0.3, -0.25) is 9.78 Å². The van der Waals surface area contributed by atoms with E-state index in [1.54, 1.807) is 18.5 Å². The van der Waals surface area contributed by atoms with Crippen molar-refractivity contribution in [3.63, 3.8) is 0 Å². The zero-order valence-electron chi connectivity index (χ0n) is 7.36. The van der Waals surface area contributed by atoms with Gasteiger partial charge in [-0.25, -0.2) is 0 Å². The summed E-state index contributed by atoms with van der Waals surface area (Å²) >= 11 is 0. The molecule has 0 aliphatic heterocycles. The Balaban J connectivity index is 2.63. The van der Waals surface area contributed by atoms with Crippen LogP contribution in [0, 0.1) is 0 Å². The van der Waals surface area contributed by atoms with Gasteiger partial charge in [0.15, 0.2) is 0 Å². The molecule has 0 saturated carbocycles. The molecule has 0 atom stereocenters. The van der Waals surface area contributed by atoms with Crippen LogP contribution >= 0.6 is 0 Å². The van der Waals surface area contributed by atoms with Crippen LogP contribution in [0.1, 0.15) is 12.0 Å². The summed E-state index contributed by atoms with van der Waals surface area (Å²) in [5.41, 5.74) is 12.3. The van der Waals surface area contributed by atoms with Crippen LogP contribution in [0.3, 0.4) is 0 Å². The van der Waals surface area contributed by atoms with Crippen LogP contribution in [-0.2, 0) is 11.2 Å². The van der Waals surface area contributed by atoms with Crippen LogP contribution in [0.4, 0.5) is 5.69 Å². The molecule has 1 rings (SSSR count). The van der Waals surface area contributed by atoms with Crippen LogP contribution in [0.5, 0.6) is 0 Å². The molecule has 0 spiro atoms. The number of nitrogens with zero attached hydrogens (tertiary/aromatic N) is 1. The summed E-state index contributed by atoms with van der Waals surface area (Å²) in [6.07, 6.45) is 3.95. The Morgan fingerprint density at radius 2 is 2.31 bits per heavy atom. The molecule has 0 aliphatic carbocycles. The Morgan fingerprint density at radius 3 is 2.92 bits per heavy atom. The molecule has 1 aromatic rings. The number of carbonyl (C=O) groups is 1. The number of hydrogen-bond donors (Lipinski definition) is 2. The quantitative estimate of drug-likeness (QED) is 0.688. The fourth-order valence-electron chi connectivity index (χ4n) is 1.05. The SMILES string of the molecule is NCCC(=O)Cc1cnccc1N. The van der Waals surface area contributed by atoms with Gasteiger partial charge in [0.2, 0.25) is 0 Å². The minimum atomic E-state index is 0.0993. The van der Waals surface area contributed by atoms with Gasteiger partial charge < -0.3 is 11.5 Å². The molecule has 0 fully saturated rings. The average molecular weight is 179 g/mol. The molecule has 4 heteroatoms. The van der Waals surface area contributed by atoms with E-state index in [9.17, 15) is 4.79 Å². The Morgan fingerprint density at radius 1 is 1.54 bits per heavy atom. The predicted octanol–water partition coefficient (Wildman–Crippen LogP) is 0.124. The van der Waals surface area contributed by atoms with Gasteiger partial charge in [-0.15, -0.1) is 0 Å². The van der Waals surface area contributed by atoms with Crippen LogP contribution in [-0.4, -0.2) is 17.3 Å². The second-order valence-electron chi connectivity index (χ2n) is 2.83. The molecule has 4 nitrogen and oxygen atoms in total. The van der Waals surface area contributed by atoms with Gasteiger partial charge in [-0.1, -0.05) is 0 Å². The van der Waals surface area contributed by atoms with Crippen molar-refractivity contribution in [3.8, 4) is 0 Å². The number of anilines is 1. The first-order valence-corrected chi connectivity index (χ1v) is 4.14. The number of rotatable bonds is 4. The molecule has 0 amide bonds. The summed E-state index contributed by atoms with van der Waals surface area (Å²) in [6.45, 7) is 0.388. The van der Waals surface area contributed by atoms with Gasteiger partial charge in [0.1, 0.15) is 5.78 Å². The van der Waals surface area contributed by atoms with E-state index in [1.807, 2.05) is 0 Å². The number of Topliss-reactive ketones (excluding diaryl/α,β-unsaturated/α-hetero) is 1. The van der Waals surface area contributed by atoms with E-state index in [0.29, 0.717) is 25.1 Å². The first kappa shape index (κ1) is 9.67. The standard InChI is InChI=1S/C9H13N3O/c10-3-1-8(13)5-7-6-12-4-2-9(7)11/h2,4,6H,1,3,5,10H2,(H2,11,12). The van der Waals surface area contributed by atoms with Gasteiger partial charge in [0.25, 0.3) is 0 Å². The molecule has 70 valence electrons. The van der Waals surface area contributed by atoms with Gasteiger partial charge in [0.05, 0.1) is 0 Å². The monoisotopic (exact) mass is 179 g/mol. The van der Waals surface area contributed by atoms with Crippen molar-refractivity contribution in [2.75, 3.05) is 12.3 Å². The third kappa shape index (κ3) is 2.83. The lowest BCUT2D eigenvalue weighted by molar-refractivity contribution is -0.118. The molecule has 0 saturated heterocycles. The van der Waals surface area contributed by atoms with E-state index in [0.717, 1.165) is 5.56 Å². The second kappa shape index (κ2) is 4.57. The highest BCUT2D eigenvalue weighted by Gasteiger charge is 2.04. The zero-order valence-corrected chi connectivity index (χ0v) is 7.36. The number of hydrogen-bond acceptors (Lipinski definition) is 4. The summed E-state index contributed by atoms with van der Waals surface area (Å²) in [5, 5.41) is 0. The van der Waals surface area contributed by atoms with Crippen LogP contribution < -0.4 is 11.5 Å². The van der Waals surface area contributed by atoms with Crippen molar-refractivity contribution in [2.45, 2.75) is 12.8 Å². The third-order valence-electron chi connectivity index (χ3n) is 1.75. The van der Waals surface area contributed by atoms with Gasteiger partial charge >= 0.3 is 0 Å². The largest absolute Gasteiger partial charge is 0.398 e. The molecule has 4 N–H and O–H groups in total. The molecule has 0 bridgehead atoms. The van der Waals surface area contributed by atoms with Crippen LogP contribution in [0.15, 0.2) is 18.5 Å². The molecule has 13 heavy (non-hydrogen) atoms. The van der Waals surface area contributed by atoms with Crippen molar-refractivity contribution < 1.29 is 4.79 Å². The van der Waals surface area contributed by atoms with Crippen molar-refractivity contribution in [1.29, 1.82) is 0 Å². The Kier molecular flexibility index (Phi) is 3.40. The third-order valence-corrected chi connectivity index (χ3v) is 1.75. The Labute approximate surface area is 77.0 Å². The van der Waals surface area contributed by atoms with Crippen molar-refractivity contribution in [1.82, 2.24) is 4.98 Å². The molecular formula is C9H13N3O. The second-order valence-corrected chi connectivity index (χ2v) is 2.83. The smallest absolute Gasteiger partial charge is 0.138 e. The Bertz CT molecular complexity index is 299. The highest BCUT2D eigenvalue weighted by molar-refractivity contribution is 5.82. The highest BCUT2D eigenvalue weighted by atomic mass is 16.1.